The molecule has 5 aromatic rings. The Morgan fingerprint density at radius 3 is 2.35 bits per heavy atom. The molecular weight excluding hydrogens is 405 g/mol. The minimum atomic E-state index is -0.414. The van der Waals surface area contributed by atoms with E-state index in [2.05, 4.69) is 70.2 Å². The van der Waals surface area contributed by atoms with Crippen LogP contribution in [-0.2, 0) is 9.31 Å². The third-order valence-electron chi connectivity index (χ3n) is 6.56. The number of thiophene rings is 1. The van der Waals surface area contributed by atoms with E-state index in [1.54, 1.807) is 0 Å². The number of benzene rings is 3. The Morgan fingerprint density at radius 2 is 1.55 bits per heavy atom. The topological polar surface area (TPSA) is 44.5 Å². The highest BCUT2D eigenvalue weighted by Gasteiger charge is 2.51. The highest BCUT2D eigenvalue weighted by molar-refractivity contribution is 7.25. The lowest BCUT2D eigenvalue weighted by molar-refractivity contribution is 0.00578. The Hall–Kier alpha value is -2.67. The zero-order chi connectivity index (χ0) is 21.4. The van der Waals surface area contributed by atoms with Crippen LogP contribution in [0.2, 0.25) is 0 Å². The van der Waals surface area contributed by atoms with E-state index in [0.29, 0.717) is 5.89 Å². The van der Waals surface area contributed by atoms with E-state index in [-0.39, 0.29) is 11.2 Å². The molecule has 1 saturated heterocycles. The molecule has 1 aliphatic rings. The normalized spacial score (nSPS) is 17.9. The molecule has 0 saturated carbocycles. The highest BCUT2D eigenvalue weighted by Crippen LogP contribution is 2.38. The van der Waals surface area contributed by atoms with E-state index in [1.807, 2.05) is 29.5 Å². The van der Waals surface area contributed by atoms with Gasteiger partial charge in [-0.3, -0.25) is 0 Å². The van der Waals surface area contributed by atoms with Crippen molar-refractivity contribution in [2.75, 3.05) is 0 Å². The molecule has 31 heavy (non-hydrogen) atoms. The smallest absolute Gasteiger partial charge is 0.436 e. The maximum Gasteiger partial charge on any atom is 0.494 e. The van der Waals surface area contributed by atoms with E-state index in [1.165, 1.54) is 20.2 Å². The van der Waals surface area contributed by atoms with Crippen LogP contribution in [0, 0.1) is 0 Å². The SMILES string of the molecule is CC1(C)OB(c2ccc3oc(-c4ccc5sc6ccccc6c5c4)nc3c2)OC1(C)C. The first kappa shape index (κ1) is 19.1. The summed E-state index contributed by atoms with van der Waals surface area (Å²) in [5.41, 5.74) is 2.73. The lowest BCUT2D eigenvalue weighted by atomic mass is 9.79. The van der Waals surface area contributed by atoms with Gasteiger partial charge in [-0.1, -0.05) is 24.3 Å². The third-order valence-corrected chi connectivity index (χ3v) is 7.71. The van der Waals surface area contributed by atoms with Crippen molar-refractivity contribution in [3.63, 3.8) is 0 Å². The number of hydrogen-bond donors (Lipinski definition) is 0. The molecule has 1 fully saturated rings. The third kappa shape index (κ3) is 2.93. The van der Waals surface area contributed by atoms with Crippen LogP contribution >= 0.6 is 11.3 Å². The van der Waals surface area contributed by atoms with Gasteiger partial charge in [0.1, 0.15) is 5.52 Å². The number of oxazole rings is 1. The fourth-order valence-electron chi connectivity index (χ4n) is 4.05. The number of nitrogens with zero attached hydrogens (tertiary/aromatic N) is 1. The second-order valence-corrected chi connectivity index (χ2v) is 10.2. The minimum absolute atomic E-state index is 0.375. The van der Waals surface area contributed by atoms with Crippen molar-refractivity contribution in [1.29, 1.82) is 0 Å². The van der Waals surface area contributed by atoms with Crippen molar-refractivity contribution < 1.29 is 13.7 Å². The molecule has 0 aliphatic carbocycles. The van der Waals surface area contributed by atoms with Crippen molar-refractivity contribution in [1.82, 2.24) is 4.98 Å². The second-order valence-electron chi connectivity index (χ2n) is 9.14. The average molecular weight is 427 g/mol. The molecular formula is C25H22BNO3S. The summed E-state index contributed by atoms with van der Waals surface area (Å²) in [6.45, 7) is 8.24. The fourth-order valence-corrected chi connectivity index (χ4v) is 5.14. The van der Waals surface area contributed by atoms with Gasteiger partial charge in [-0.15, -0.1) is 11.3 Å². The summed E-state index contributed by atoms with van der Waals surface area (Å²) in [5, 5.41) is 2.50. The van der Waals surface area contributed by atoms with Crippen LogP contribution in [0.15, 0.2) is 65.1 Å². The van der Waals surface area contributed by atoms with Crippen LogP contribution in [0.25, 0.3) is 42.7 Å². The number of hydrogen-bond acceptors (Lipinski definition) is 5. The van der Waals surface area contributed by atoms with Crippen LogP contribution in [-0.4, -0.2) is 23.3 Å². The fraction of sp³-hybridized carbons (Fsp3) is 0.240. The molecule has 1 aliphatic heterocycles. The Labute approximate surface area is 184 Å². The molecule has 3 aromatic carbocycles. The summed E-state index contributed by atoms with van der Waals surface area (Å²) in [5.74, 6) is 0.623. The van der Waals surface area contributed by atoms with Gasteiger partial charge in [0.05, 0.1) is 11.2 Å². The van der Waals surface area contributed by atoms with E-state index in [4.69, 9.17) is 18.7 Å². The van der Waals surface area contributed by atoms with Crippen molar-refractivity contribution in [3.8, 4) is 11.5 Å². The molecule has 0 N–H and O–H groups in total. The van der Waals surface area contributed by atoms with Crippen molar-refractivity contribution in [3.05, 3.63) is 60.7 Å². The van der Waals surface area contributed by atoms with Crippen molar-refractivity contribution in [2.45, 2.75) is 38.9 Å². The van der Waals surface area contributed by atoms with Gasteiger partial charge in [0.25, 0.3) is 0 Å². The zero-order valence-electron chi connectivity index (χ0n) is 17.9. The van der Waals surface area contributed by atoms with E-state index < -0.39 is 7.12 Å². The Kier molecular flexibility index (Phi) is 3.95. The van der Waals surface area contributed by atoms with Crippen LogP contribution in [0.1, 0.15) is 27.7 Å². The lowest BCUT2D eigenvalue weighted by Gasteiger charge is -2.32. The van der Waals surface area contributed by atoms with E-state index >= 15 is 0 Å². The average Bonchev–Trinajstić information content (AvgIpc) is 3.38. The molecule has 0 spiro atoms. The van der Waals surface area contributed by atoms with Crippen LogP contribution in [0.3, 0.4) is 0 Å². The van der Waals surface area contributed by atoms with Crippen molar-refractivity contribution in [2.24, 2.45) is 0 Å². The van der Waals surface area contributed by atoms with E-state index in [0.717, 1.165) is 22.1 Å². The van der Waals surface area contributed by atoms with Gasteiger partial charge in [0, 0.05) is 25.7 Å². The zero-order valence-corrected chi connectivity index (χ0v) is 18.7. The summed E-state index contributed by atoms with van der Waals surface area (Å²) in [6, 6.07) is 20.8. The Morgan fingerprint density at radius 1 is 0.806 bits per heavy atom. The van der Waals surface area contributed by atoms with Gasteiger partial charge in [0.15, 0.2) is 5.58 Å². The molecule has 6 heteroatoms. The predicted octanol–water partition coefficient (Wildman–Crippen LogP) is 6.16. The lowest BCUT2D eigenvalue weighted by Crippen LogP contribution is -2.41. The molecule has 6 rings (SSSR count). The molecule has 154 valence electrons. The van der Waals surface area contributed by atoms with Gasteiger partial charge < -0.3 is 13.7 Å². The van der Waals surface area contributed by atoms with Crippen LogP contribution in [0.4, 0.5) is 0 Å². The Bertz CT molecular complexity index is 1450. The van der Waals surface area contributed by atoms with Gasteiger partial charge in [-0.25, -0.2) is 4.98 Å². The summed E-state index contributed by atoms with van der Waals surface area (Å²) < 4.78 is 21.0. The van der Waals surface area contributed by atoms with Gasteiger partial charge in [-0.2, -0.15) is 0 Å². The molecule has 0 unspecified atom stereocenters. The first-order chi connectivity index (χ1) is 14.8. The highest BCUT2D eigenvalue weighted by atomic mass is 32.1. The molecule has 2 aromatic heterocycles. The molecule has 0 atom stereocenters. The maximum absolute atomic E-state index is 6.19. The van der Waals surface area contributed by atoms with E-state index in [9.17, 15) is 0 Å². The van der Waals surface area contributed by atoms with Crippen LogP contribution < -0.4 is 5.46 Å². The standard InChI is InChI=1S/C25H22BNO3S/c1-24(2)25(3,4)30-26(29-24)16-10-11-20-19(14-16)27-23(28-20)15-9-12-22-18(13-15)17-7-5-6-8-21(17)31-22/h5-14H,1-4H3. The van der Waals surface area contributed by atoms with Crippen LogP contribution in [0.5, 0.6) is 0 Å². The minimum Gasteiger partial charge on any atom is -0.436 e. The van der Waals surface area contributed by atoms with Gasteiger partial charge in [-0.05, 0) is 69.6 Å². The first-order valence-electron chi connectivity index (χ1n) is 10.5. The summed E-state index contributed by atoms with van der Waals surface area (Å²) in [7, 11) is -0.414. The first-order valence-corrected chi connectivity index (χ1v) is 11.3. The second kappa shape index (κ2) is 6.42. The quantitative estimate of drug-likeness (QED) is 0.317. The summed E-state index contributed by atoms with van der Waals surface area (Å²) >= 11 is 1.81. The number of fused-ring (bicyclic) bond motifs is 4. The number of aromatic nitrogens is 1. The Balaban J connectivity index is 1.40. The summed E-state index contributed by atoms with van der Waals surface area (Å²) in [6.07, 6.45) is 0. The van der Waals surface area contributed by atoms with Gasteiger partial charge >= 0.3 is 7.12 Å². The summed E-state index contributed by atoms with van der Waals surface area (Å²) in [4.78, 5) is 4.78. The molecule has 0 amide bonds. The molecule has 3 heterocycles. The monoisotopic (exact) mass is 427 g/mol. The number of rotatable bonds is 2. The molecule has 4 nitrogen and oxygen atoms in total. The maximum atomic E-state index is 6.19. The van der Waals surface area contributed by atoms with Crippen molar-refractivity contribution >= 4 is 55.2 Å². The largest absolute Gasteiger partial charge is 0.494 e. The molecule has 0 radical (unpaired) electrons. The molecule has 0 bridgehead atoms. The van der Waals surface area contributed by atoms with Gasteiger partial charge in [0.2, 0.25) is 5.89 Å². The predicted molar refractivity (Wildman–Crippen MR) is 128 cm³/mol.